The molecule has 0 radical (unpaired) electrons. The minimum atomic E-state index is -0.164. The van der Waals surface area contributed by atoms with Gasteiger partial charge in [0.1, 0.15) is 0 Å². The van der Waals surface area contributed by atoms with Crippen LogP contribution in [0.15, 0.2) is 194 Å². The molecule has 3 heterocycles. The summed E-state index contributed by atoms with van der Waals surface area (Å²) in [5.41, 5.74) is 27.8. The van der Waals surface area contributed by atoms with Gasteiger partial charge in [-0.1, -0.05) is 209 Å². The zero-order valence-electron chi connectivity index (χ0n) is 48.7. The van der Waals surface area contributed by atoms with E-state index in [-0.39, 0.29) is 33.9 Å². The third kappa shape index (κ3) is 8.13. The molecule has 0 N–H and O–H groups in total. The Kier molecular flexibility index (Phi) is 11.8. The zero-order chi connectivity index (χ0) is 55.0. The highest BCUT2D eigenvalue weighted by atomic mass is 15.3. The number of nitrogens with zero attached hydrogens (tertiary/aromatic N) is 3. The number of benzene rings is 9. The molecule has 0 amide bonds. The van der Waals surface area contributed by atoms with Crippen LogP contribution in [0.25, 0.3) is 33.4 Å². The summed E-state index contributed by atoms with van der Waals surface area (Å²) in [6.07, 6.45) is 4.75. The molecule has 3 nitrogen and oxygen atoms in total. The highest BCUT2D eigenvalue weighted by molar-refractivity contribution is 7.00. The number of aryl methyl sites for hydroxylation is 1. The van der Waals surface area contributed by atoms with Gasteiger partial charge >= 0.3 is 0 Å². The molecule has 4 aliphatic rings. The van der Waals surface area contributed by atoms with Crippen molar-refractivity contribution in [2.75, 3.05) is 14.7 Å². The van der Waals surface area contributed by atoms with E-state index in [2.05, 4.69) is 292 Å². The van der Waals surface area contributed by atoms with Crippen molar-refractivity contribution in [2.24, 2.45) is 0 Å². The molecule has 79 heavy (non-hydrogen) atoms. The van der Waals surface area contributed by atoms with Gasteiger partial charge in [0.2, 0.25) is 0 Å². The molecule has 0 spiro atoms. The van der Waals surface area contributed by atoms with Crippen LogP contribution in [-0.2, 0) is 21.7 Å². The largest absolute Gasteiger partial charge is 0.334 e. The van der Waals surface area contributed by atoms with Crippen LogP contribution >= 0.6 is 0 Å². The molecule has 9 aromatic rings. The first-order valence-electron chi connectivity index (χ1n) is 29.2. The lowest BCUT2D eigenvalue weighted by atomic mass is 9.33. The first-order chi connectivity index (χ1) is 37.7. The summed E-state index contributed by atoms with van der Waals surface area (Å²) in [6.45, 7) is 28.5. The van der Waals surface area contributed by atoms with Crippen molar-refractivity contribution in [3.8, 4) is 33.4 Å². The number of hydrogen-bond donors (Lipinski definition) is 0. The molecule has 13 rings (SSSR count). The highest BCUT2D eigenvalue weighted by Gasteiger charge is 2.58. The van der Waals surface area contributed by atoms with Crippen molar-refractivity contribution in [1.29, 1.82) is 0 Å². The molecule has 2 atom stereocenters. The minimum absolute atomic E-state index is 0.00585. The molecule has 394 valence electrons. The van der Waals surface area contributed by atoms with Gasteiger partial charge in [-0.3, -0.25) is 0 Å². The molecular weight excluding hydrogens is 954 g/mol. The standard InChI is InChI=1S/C75H76BN3/c1-49-23-19-20-28-59(49)53-30-38-65-61(43-53)74(11)41-21-22-42-75(74,12)79(65)58-36-37-62-67(48-58)77(57-34-31-54(32-35-57)71(2,3)4)68-46-56(73(8,9)10)47-69-70(68)76(62)63-44-52(50-24-15-13-16-25-50)29-39-66(63)78(69)64-40-33-55(72(5,6)7)45-60(64)51-26-17-14-18-27-51/h13-20,23-40,43-48H,21-22,41-42H2,1-12H3. The van der Waals surface area contributed by atoms with Crippen molar-refractivity contribution in [1.82, 2.24) is 0 Å². The summed E-state index contributed by atoms with van der Waals surface area (Å²) in [6, 6.07) is 75.2. The molecule has 3 aliphatic heterocycles. The Morgan fingerprint density at radius 3 is 1.66 bits per heavy atom. The molecule has 0 aromatic heterocycles. The fourth-order valence-electron chi connectivity index (χ4n) is 14.3. The van der Waals surface area contributed by atoms with Gasteiger partial charge in [0.25, 0.3) is 6.71 Å². The second-order valence-electron chi connectivity index (χ2n) is 27.0. The lowest BCUT2D eigenvalue weighted by molar-refractivity contribution is 0.195. The van der Waals surface area contributed by atoms with E-state index >= 15 is 0 Å². The van der Waals surface area contributed by atoms with Gasteiger partial charge in [-0.05, 0) is 182 Å². The van der Waals surface area contributed by atoms with Gasteiger partial charge in [-0.2, -0.15) is 0 Å². The summed E-state index contributed by atoms with van der Waals surface area (Å²) in [5.74, 6) is 0. The van der Waals surface area contributed by atoms with Crippen LogP contribution in [0.2, 0.25) is 0 Å². The monoisotopic (exact) mass is 1030 g/mol. The van der Waals surface area contributed by atoms with Crippen LogP contribution in [0.1, 0.15) is 130 Å². The summed E-state index contributed by atoms with van der Waals surface area (Å²) >= 11 is 0. The van der Waals surface area contributed by atoms with Crippen LogP contribution in [-0.4, -0.2) is 12.3 Å². The predicted octanol–water partition coefficient (Wildman–Crippen LogP) is 18.7. The van der Waals surface area contributed by atoms with Crippen LogP contribution in [0.3, 0.4) is 0 Å². The zero-order valence-corrected chi connectivity index (χ0v) is 48.7. The Morgan fingerprint density at radius 2 is 0.975 bits per heavy atom. The van der Waals surface area contributed by atoms with Crippen LogP contribution in [0.4, 0.5) is 45.5 Å². The Bertz CT molecular complexity index is 3850. The van der Waals surface area contributed by atoms with E-state index in [0.717, 1.165) is 12.8 Å². The van der Waals surface area contributed by atoms with Gasteiger partial charge in [0.05, 0.1) is 11.2 Å². The maximum Gasteiger partial charge on any atom is 0.252 e. The second-order valence-corrected chi connectivity index (χ2v) is 27.0. The number of rotatable bonds is 6. The maximum absolute atomic E-state index is 2.78. The minimum Gasteiger partial charge on any atom is -0.334 e. The molecule has 1 aliphatic carbocycles. The first kappa shape index (κ1) is 50.9. The number of fused-ring (bicyclic) bond motifs is 7. The van der Waals surface area contributed by atoms with Crippen LogP contribution < -0.4 is 31.1 Å². The molecule has 2 unspecified atom stereocenters. The van der Waals surface area contributed by atoms with Crippen LogP contribution in [0, 0.1) is 6.92 Å². The molecule has 1 saturated carbocycles. The second kappa shape index (κ2) is 18.2. The summed E-state index contributed by atoms with van der Waals surface area (Å²) in [5, 5.41) is 0. The SMILES string of the molecule is Cc1ccccc1-c1ccc2c(c1)C1(C)CCCCC1(C)N2c1ccc2c(c1)N(c1ccc(C(C)(C)C)cc1)c1cc(C(C)(C)C)cc3c1B2c1cc(-c2ccccc2)ccc1N3c1ccc(C(C)(C)C)cc1-c1ccccc1. The van der Waals surface area contributed by atoms with Gasteiger partial charge in [0.15, 0.2) is 0 Å². The lowest BCUT2D eigenvalue weighted by Crippen LogP contribution is -2.61. The van der Waals surface area contributed by atoms with Gasteiger partial charge < -0.3 is 14.7 Å². The Morgan fingerprint density at radius 1 is 0.392 bits per heavy atom. The smallest absolute Gasteiger partial charge is 0.252 e. The quantitative estimate of drug-likeness (QED) is 0.154. The summed E-state index contributed by atoms with van der Waals surface area (Å²) in [7, 11) is 0. The average molecular weight is 1030 g/mol. The van der Waals surface area contributed by atoms with E-state index in [0.29, 0.717) is 0 Å². The van der Waals surface area contributed by atoms with Crippen molar-refractivity contribution >= 4 is 68.6 Å². The predicted molar refractivity (Wildman–Crippen MR) is 340 cm³/mol. The van der Waals surface area contributed by atoms with Crippen molar-refractivity contribution in [2.45, 2.75) is 136 Å². The Balaban J connectivity index is 1.11. The molecule has 9 aromatic carbocycles. The summed E-state index contributed by atoms with van der Waals surface area (Å²) < 4.78 is 0. The van der Waals surface area contributed by atoms with E-state index in [1.165, 1.54) is 136 Å². The van der Waals surface area contributed by atoms with E-state index in [1.807, 2.05) is 0 Å². The molecular formula is C75H76BN3. The highest BCUT2D eigenvalue weighted by Crippen LogP contribution is 2.62. The van der Waals surface area contributed by atoms with Gasteiger partial charge in [-0.25, -0.2) is 0 Å². The van der Waals surface area contributed by atoms with Gasteiger partial charge in [-0.15, -0.1) is 0 Å². The van der Waals surface area contributed by atoms with E-state index in [9.17, 15) is 0 Å². The topological polar surface area (TPSA) is 9.72 Å². The number of hydrogen-bond acceptors (Lipinski definition) is 3. The van der Waals surface area contributed by atoms with E-state index in [4.69, 9.17) is 0 Å². The maximum atomic E-state index is 2.78. The lowest BCUT2D eigenvalue weighted by Gasteiger charge is -2.50. The fraction of sp³-hybridized carbons (Fsp3) is 0.280. The number of anilines is 8. The Labute approximate surface area is 472 Å². The third-order valence-corrected chi connectivity index (χ3v) is 19.0. The Hall–Kier alpha value is -7.56. The molecule has 4 heteroatoms. The fourth-order valence-corrected chi connectivity index (χ4v) is 14.3. The average Bonchev–Trinajstić information content (AvgIpc) is 3.00. The summed E-state index contributed by atoms with van der Waals surface area (Å²) in [4.78, 5) is 8.08. The van der Waals surface area contributed by atoms with Crippen molar-refractivity contribution in [3.63, 3.8) is 0 Å². The first-order valence-corrected chi connectivity index (χ1v) is 29.2. The third-order valence-electron chi connectivity index (χ3n) is 19.0. The molecule has 0 bridgehead atoms. The normalized spacial score (nSPS) is 18.4. The molecule has 1 fully saturated rings. The van der Waals surface area contributed by atoms with E-state index in [1.54, 1.807) is 0 Å². The van der Waals surface area contributed by atoms with Gasteiger partial charge in [0, 0.05) is 50.8 Å². The molecule has 0 saturated heterocycles. The van der Waals surface area contributed by atoms with E-state index < -0.39 is 0 Å². The van der Waals surface area contributed by atoms with Crippen LogP contribution in [0.5, 0.6) is 0 Å². The van der Waals surface area contributed by atoms with Crippen molar-refractivity contribution in [3.05, 3.63) is 222 Å². The van der Waals surface area contributed by atoms with Crippen molar-refractivity contribution < 1.29 is 0 Å².